The van der Waals surface area contributed by atoms with Gasteiger partial charge in [0.2, 0.25) is 0 Å². The van der Waals surface area contributed by atoms with Crippen molar-refractivity contribution in [2.75, 3.05) is 18.9 Å². The minimum Gasteiger partial charge on any atom is -0.478 e. The molecule has 6 heteroatoms. The molecule has 0 atom stereocenters. The van der Waals surface area contributed by atoms with E-state index in [2.05, 4.69) is 5.32 Å². The number of aromatic carboxylic acids is 1. The fraction of sp³-hybridized carbons (Fsp3) is 0.333. The van der Waals surface area contributed by atoms with Crippen LogP contribution in [0.15, 0.2) is 12.1 Å². The highest BCUT2D eigenvalue weighted by Gasteiger charge is 2.16. The van der Waals surface area contributed by atoms with E-state index in [0.29, 0.717) is 22.8 Å². The van der Waals surface area contributed by atoms with Crippen LogP contribution >= 0.6 is 11.6 Å². The number of benzene rings is 1. The van der Waals surface area contributed by atoms with Gasteiger partial charge in [-0.2, -0.15) is 0 Å². The Bertz CT molecular complexity index is 488. The number of amides is 2. The maximum absolute atomic E-state index is 11.7. The van der Waals surface area contributed by atoms with E-state index in [0.717, 1.165) is 0 Å². The van der Waals surface area contributed by atoms with E-state index in [-0.39, 0.29) is 11.6 Å². The van der Waals surface area contributed by atoms with Gasteiger partial charge in [-0.15, -0.1) is 0 Å². The number of nitrogens with zero attached hydrogens (tertiary/aromatic N) is 1. The SMILES string of the molecule is CCN(C)C(=O)Nc1c(Cl)ccc(C(=O)O)c1C. The van der Waals surface area contributed by atoms with Crippen molar-refractivity contribution >= 4 is 29.3 Å². The van der Waals surface area contributed by atoms with E-state index in [1.165, 1.54) is 17.0 Å². The van der Waals surface area contributed by atoms with Gasteiger partial charge in [-0.25, -0.2) is 9.59 Å². The highest BCUT2D eigenvalue weighted by molar-refractivity contribution is 6.34. The van der Waals surface area contributed by atoms with Gasteiger partial charge in [-0.3, -0.25) is 0 Å². The zero-order valence-corrected chi connectivity index (χ0v) is 11.2. The standard InChI is InChI=1S/C12H15ClN2O3/c1-4-15(3)12(18)14-10-7(2)8(11(16)17)5-6-9(10)13/h5-6H,4H2,1-3H3,(H,14,18)(H,16,17). The Morgan fingerprint density at radius 2 is 2.06 bits per heavy atom. The van der Waals surface area contributed by atoms with Crippen molar-refractivity contribution < 1.29 is 14.7 Å². The molecule has 1 aromatic rings. The van der Waals surface area contributed by atoms with Crippen LogP contribution in [0.4, 0.5) is 10.5 Å². The Morgan fingerprint density at radius 3 is 2.56 bits per heavy atom. The van der Waals surface area contributed by atoms with Crippen LogP contribution in [-0.4, -0.2) is 35.6 Å². The molecular formula is C12H15ClN2O3. The Labute approximate surface area is 110 Å². The van der Waals surface area contributed by atoms with Crippen molar-refractivity contribution in [2.45, 2.75) is 13.8 Å². The molecule has 0 saturated heterocycles. The molecule has 0 saturated carbocycles. The molecule has 2 amide bonds. The van der Waals surface area contributed by atoms with Crippen molar-refractivity contribution in [3.8, 4) is 0 Å². The number of carbonyl (C=O) groups is 2. The summed E-state index contributed by atoms with van der Waals surface area (Å²) in [5.41, 5.74) is 0.892. The molecule has 0 aliphatic heterocycles. The Morgan fingerprint density at radius 1 is 1.44 bits per heavy atom. The first kappa shape index (κ1) is 14.3. The quantitative estimate of drug-likeness (QED) is 0.887. The molecule has 0 bridgehead atoms. The number of hydrogen-bond acceptors (Lipinski definition) is 2. The first-order valence-corrected chi connectivity index (χ1v) is 5.80. The van der Waals surface area contributed by atoms with Gasteiger partial charge in [0.25, 0.3) is 0 Å². The third kappa shape index (κ3) is 2.92. The van der Waals surface area contributed by atoms with Crippen LogP contribution in [0, 0.1) is 6.92 Å². The number of carbonyl (C=O) groups excluding carboxylic acids is 1. The van der Waals surface area contributed by atoms with Crippen molar-refractivity contribution in [3.63, 3.8) is 0 Å². The minimum atomic E-state index is -1.05. The van der Waals surface area contributed by atoms with E-state index in [4.69, 9.17) is 16.7 Å². The number of nitrogens with one attached hydrogen (secondary N) is 1. The summed E-state index contributed by atoms with van der Waals surface area (Å²) in [5, 5.41) is 11.9. The number of rotatable bonds is 3. The third-order valence-electron chi connectivity index (χ3n) is 2.70. The normalized spacial score (nSPS) is 10.0. The summed E-state index contributed by atoms with van der Waals surface area (Å²) < 4.78 is 0. The number of halogens is 1. The van der Waals surface area contributed by atoms with E-state index >= 15 is 0 Å². The predicted octanol–water partition coefficient (Wildman–Crippen LogP) is 2.83. The molecule has 0 spiro atoms. The summed E-state index contributed by atoms with van der Waals surface area (Å²) >= 11 is 5.97. The van der Waals surface area contributed by atoms with Crippen LogP contribution in [0.3, 0.4) is 0 Å². The Hall–Kier alpha value is -1.75. The maximum atomic E-state index is 11.7. The molecule has 0 heterocycles. The molecule has 18 heavy (non-hydrogen) atoms. The molecule has 0 radical (unpaired) electrons. The van der Waals surface area contributed by atoms with Gasteiger partial charge < -0.3 is 15.3 Å². The molecule has 0 aromatic heterocycles. The number of carboxylic acids is 1. The van der Waals surface area contributed by atoms with E-state index in [1.807, 2.05) is 6.92 Å². The van der Waals surface area contributed by atoms with Crippen LogP contribution in [0.25, 0.3) is 0 Å². The van der Waals surface area contributed by atoms with E-state index in [9.17, 15) is 9.59 Å². The molecule has 0 aliphatic carbocycles. The van der Waals surface area contributed by atoms with Gasteiger partial charge >= 0.3 is 12.0 Å². The number of carboxylic acid groups (broad SMARTS) is 1. The van der Waals surface area contributed by atoms with Crippen LogP contribution in [0.5, 0.6) is 0 Å². The van der Waals surface area contributed by atoms with Crippen molar-refractivity contribution in [2.24, 2.45) is 0 Å². The predicted molar refractivity (Wildman–Crippen MR) is 70.5 cm³/mol. The summed E-state index contributed by atoms with van der Waals surface area (Å²) in [4.78, 5) is 24.2. The molecule has 1 rings (SSSR count). The van der Waals surface area contributed by atoms with E-state index in [1.54, 1.807) is 14.0 Å². The topological polar surface area (TPSA) is 69.6 Å². The summed E-state index contributed by atoms with van der Waals surface area (Å²) in [5.74, 6) is -1.05. The average molecular weight is 271 g/mol. The van der Waals surface area contributed by atoms with Gasteiger partial charge in [-0.1, -0.05) is 11.6 Å². The van der Waals surface area contributed by atoms with Gasteiger partial charge in [0, 0.05) is 13.6 Å². The first-order chi connectivity index (χ1) is 8.38. The minimum absolute atomic E-state index is 0.119. The second-order valence-corrected chi connectivity index (χ2v) is 4.25. The summed E-state index contributed by atoms with van der Waals surface area (Å²) in [6, 6.07) is 2.55. The first-order valence-electron chi connectivity index (χ1n) is 5.43. The molecule has 98 valence electrons. The molecule has 0 aliphatic rings. The monoisotopic (exact) mass is 270 g/mol. The lowest BCUT2D eigenvalue weighted by molar-refractivity contribution is 0.0696. The third-order valence-corrected chi connectivity index (χ3v) is 3.01. The maximum Gasteiger partial charge on any atom is 0.336 e. The van der Waals surface area contributed by atoms with Crippen LogP contribution in [0.1, 0.15) is 22.8 Å². The molecule has 1 aromatic carbocycles. The number of hydrogen-bond donors (Lipinski definition) is 2. The van der Waals surface area contributed by atoms with Gasteiger partial charge in [0.1, 0.15) is 0 Å². The molecule has 5 nitrogen and oxygen atoms in total. The Balaban J connectivity index is 3.12. The summed E-state index contributed by atoms with van der Waals surface area (Å²) in [7, 11) is 1.64. The molecule has 2 N–H and O–H groups in total. The van der Waals surface area contributed by atoms with Gasteiger partial charge in [0.05, 0.1) is 16.3 Å². The van der Waals surface area contributed by atoms with Crippen LogP contribution < -0.4 is 5.32 Å². The Kier molecular flexibility index (Phi) is 4.55. The molecule has 0 unspecified atom stereocenters. The lowest BCUT2D eigenvalue weighted by Gasteiger charge is -2.18. The van der Waals surface area contributed by atoms with Crippen molar-refractivity contribution in [1.29, 1.82) is 0 Å². The van der Waals surface area contributed by atoms with Gasteiger partial charge in [-0.05, 0) is 31.5 Å². The summed E-state index contributed by atoms with van der Waals surface area (Å²) in [6.07, 6.45) is 0. The average Bonchev–Trinajstić information content (AvgIpc) is 2.32. The molecule has 0 fully saturated rings. The second-order valence-electron chi connectivity index (χ2n) is 3.84. The highest BCUT2D eigenvalue weighted by atomic mass is 35.5. The molecular weight excluding hydrogens is 256 g/mol. The largest absolute Gasteiger partial charge is 0.478 e. The lowest BCUT2D eigenvalue weighted by Crippen LogP contribution is -2.31. The number of urea groups is 1. The van der Waals surface area contributed by atoms with Crippen molar-refractivity contribution in [1.82, 2.24) is 4.90 Å². The smallest absolute Gasteiger partial charge is 0.336 e. The summed E-state index contributed by atoms with van der Waals surface area (Å²) in [6.45, 7) is 3.99. The fourth-order valence-corrected chi connectivity index (χ4v) is 1.66. The van der Waals surface area contributed by atoms with Gasteiger partial charge in [0.15, 0.2) is 0 Å². The number of anilines is 1. The highest BCUT2D eigenvalue weighted by Crippen LogP contribution is 2.28. The van der Waals surface area contributed by atoms with E-state index < -0.39 is 5.97 Å². The second kappa shape index (κ2) is 5.73. The zero-order valence-electron chi connectivity index (χ0n) is 10.5. The lowest BCUT2D eigenvalue weighted by atomic mass is 10.1. The van der Waals surface area contributed by atoms with Crippen LogP contribution in [0.2, 0.25) is 5.02 Å². The van der Waals surface area contributed by atoms with Crippen LogP contribution in [-0.2, 0) is 0 Å². The van der Waals surface area contributed by atoms with Crippen molar-refractivity contribution in [3.05, 3.63) is 28.3 Å². The fourth-order valence-electron chi connectivity index (χ4n) is 1.41. The zero-order chi connectivity index (χ0) is 13.9.